The molecule has 6 nitrogen and oxygen atoms in total. The third kappa shape index (κ3) is 3.25. The predicted octanol–water partition coefficient (Wildman–Crippen LogP) is 0.173. The first kappa shape index (κ1) is 9.49. The fraction of sp³-hybridized carbons (Fsp3) is 0.250. The Labute approximate surface area is 63.5 Å². The summed E-state index contributed by atoms with van der Waals surface area (Å²) in [7, 11) is -2.59. The number of nitrogens with zero attached hydrogens (tertiary/aromatic N) is 3. The van der Waals surface area contributed by atoms with E-state index >= 15 is 0 Å². The lowest BCUT2D eigenvalue weighted by Crippen LogP contribution is -1.83. The van der Waals surface area contributed by atoms with Crippen LogP contribution in [-0.2, 0) is 14.4 Å². The van der Waals surface area contributed by atoms with E-state index in [1.165, 1.54) is 6.26 Å². The summed E-state index contributed by atoms with van der Waals surface area (Å²) in [6.07, 6.45) is 4.68. The van der Waals surface area contributed by atoms with Crippen molar-refractivity contribution in [3.63, 3.8) is 0 Å². The molecule has 0 unspecified atom stereocenters. The van der Waals surface area contributed by atoms with Crippen molar-refractivity contribution in [2.75, 3.05) is 6.26 Å². The third-order valence-corrected chi connectivity index (χ3v) is 1.89. The van der Waals surface area contributed by atoms with Crippen LogP contribution in [0, 0.1) is 0 Å². The molecule has 0 aliphatic rings. The molecule has 0 aromatic heterocycles. The van der Waals surface area contributed by atoms with E-state index in [9.17, 15) is 14.4 Å². The average Bonchev–Trinajstić information content (AvgIpc) is 1.88. The summed E-state index contributed by atoms with van der Waals surface area (Å²) in [4.78, 5) is 29.2. The van der Waals surface area contributed by atoms with Gasteiger partial charge < -0.3 is 0 Å². The zero-order valence-corrected chi connectivity index (χ0v) is 6.29. The minimum Gasteiger partial charge on any atom is -0.210 e. The Kier molecular flexibility index (Phi) is 3.73. The van der Waals surface area contributed by atoms with Crippen molar-refractivity contribution < 1.29 is 14.4 Å². The van der Waals surface area contributed by atoms with Crippen molar-refractivity contribution >= 4 is 28.8 Å². The second-order valence-electron chi connectivity index (χ2n) is 1.34. The zero-order chi connectivity index (χ0) is 8.74. The maximum Gasteiger partial charge on any atom is 0.249 e. The molecule has 0 saturated carbocycles. The average molecular weight is 173 g/mol. The largest absolute Gasteiger partial charge is 0.249 e. The van der Waals surface area contributed by atoms with Crippen LogP contribution in [0.2, 0.25) is 0 Å². The van der Waals surface area contributed by atoms with Crippen LogP contribution in [0.3, 0.4) is 0 Å². The van der Waals surface area contributed by atoms with Crippen molar-refractivity contribution in [2.45, 2.75) is 0 Å². The third-order valence-electron chi connectivity index (χ3n) is 0.631. The second-order valence-corrected chi connectivity index (χ2v) is 3.47. The van der Waals surface area contributed by atoms with E-state index < -0.39 is 10.6 Å². The van der Waals surface area contributed by atoms with Gasteiger partial charge in [-0.3, -0.25) is 0 Å². The monoisotopic (exact) mass is 173 g/mol. The first-order chi connectivity index (χ1) is 5.18. The van der Waals surface area contributed by atoms with Crippen molar-refractivity contribution in [2.24, 2.45) is 13.2 Å². The minimum absolute atomic E-state index is 1.14. The van der Waals surface area contributed by atoms with Gasteiger partial charge >= 0.3 is 0 Å². The van der Waals surface area contributed by atoms with Crippen molar-refractivity contribution in [3.05, 3.63) is 0 Å². The molecule has 0 bridgehead atoms. The summed E-state index contributed by atoms with van der Waals surface area (Å²) in [6, 6.07) is 0. The predicted molar refractivity (Wildman–Crippen MR) is 37.9 cm³/mol. The molecule has 0 N–H and O–H groups in total. The fourth-order valence-electron chi connectivity index (χ4n) is 0.273. The molecule has 0 amide bonds. The Morgan fingerprint density at radius 1 is 0.909 bits per heavy atom. The molecule has 0 aliphatic carbocycles. The molecule has 0 fully saturated rings. The van der Waals surface area contributed by atoms with Gasteiger partial charge in [0.05, 0.1) is 10.6 Å². The topological polar surface area (TPSA) is 88.3 Å². The first-order valence-electron chi connectivity index (χ1n) is 2.24. The maximum atomic E-state index is 9.72. The van der Waals surface area contributed by atoms with E-state index in [-0.39, 0.29) is 0 Å². The highest BCUT2D eigenvalue weighted by Gasteiger charge is 2.12. The summed E-state index contributed by atoms with van der Waals surface area (Å²) in [6.45, 7) is 0. The van der Waals surface area contributed by atoms with E-state index in [1.54, 1.807) is 0 Å². The van der Waals surface area contributed by atoms with E-state index in [2.05, 4.69) is 13.2 Å². The minimum atomic E-state index is -2.59. The quantitative estimate of drug-likeness (QED) is 0.450. The van der Waals surface area contributed by atoms with Gasteiger partial charge in [0.2, 0.25) is 18.2 Å². The Balaban J connectivity index is 4.94. The SMILES string of the molecule is CS(N=C=O)(N=C=O)N=C=O. The Morgan fingerprint density at radius 3 is 1.36 bits per heavy atom. The van der Waals surface area contributed by atoms with Crippen molar-refractivity contribution in [3.8, 4) is 0 Å². The highest BCUT2D eigenvalue weighted by Crippen LogP contribution is 2.47. The summed E-state index contributed by atoms with van der Waals surface area (Å²) in [5.41, 5.74) is 0. The van der Waals surface area contributed by atoms with Crippen LogP contribution in [0.25, 0.3) is 0 Å². The van der Waals surface area contributed by atoms with Crippen LogP contribution in [0.1, 0.15) is 0 Å². The van der Waals surface area contributed by atoms with Gasteiger partial charge in [-0.1, -0.05) is 0 Å². The van der Waals surface area contributed by atoms with E-state index in [4.69, 9.17) is 0 Å². The van der Waals surface area contributed by atoms with Gasteiger partial charge in [0.15, 0.2) is 0 Å². The molecule has 0 spiro atoms. The molecule has 0 aromatic rings. The van der Waals surface area contributed by atoms with Gasteiger partial charge in [-0.2, -0.15) is 0 Å². The molecule has 7 heteroatoms. The Morgan fingerprint density at radius 2 is 1.18 bits per heavy atom. The second kappa shape index (κ2) is 4.33. The van der Waals surface area contributed by atoms with Gasteiger partial charge in [0.25, 0.3) is 0 Å². The molecule has 0 saturated heterocycles. The molecule has 0 heterocycles. The van der Waals surface area contributed by atoms with Crippen LogP contribution in [0.15, 0.2) is 13.2 Å². The first-order valence-corrected chi connectivity index (χ1v) is 4.15. The normalized spacial score (nSPS) is 15.7. The lowest BCUT2D eigenvalue weighted by atomic mass is 11.7. The smallest absolute Gasteiger partial charge is 0.210 e. The molecule has 0 atom stereocenters. The number of isocyanates is 3. The molecule has 0 aromatic carbocycles. The molecule has 0 rings (SSSR count). The lowest BCUT2D eigenvalue weighted by Gasteiger charge is -2.10. The maximum absolute atomic E-state index is 9.72. The van der Waals surface area contributed by atoms with Crippen LogP contribution < -0.4 is 0 Å². The number of hydrogen-bond acceptors (Lipinski definition) is 6. The molecule has 0 aliphatic heterocycles. The lowest BCUT2D eigenvalue weighted by molar-refractivity contribution is 0.566. The Bertz CT molecular complexity index is 237. The van der Waals surface area contributed by atoms with Crippen molar-refractivity contribution in [1.82, 2.24) is 0 Å². The van der Waals surface area contributed by atoms with Crippen LogP contribution in [0.5, 0.6) is 0 Å². The summed E-state index contributed by atoms with van der Waals surface area (Å²) in [5.74, 6) is 0. The molecule has 11 heavy (non-hydrogen) atoms. The van der Waals surface area contributed by atoms with E-state index in [0.29, 0.717) is 0 Å². The van der Waals surface area contributed by atoms with Gasteiger partial charge in [0, 0.05) is 6.26 Å². The van der Waals surface area contributed by atoms with Crippen LogP contribution >= 0.6 is 10.6 Å². The highest BCUT2D eigenvalue weighted by atomic mass is 32.3. The fourth-order valence-corrected chi connectivity index (χ4v) is 0.819. The highest BCUT2D eigenvalue weighted by molar-refractivity contribution is 8.30. The van der Waals surface area contributed by atoms with Gasteiger partial charge in [-0.15, -0.1) is 13.2 Å². The molecule has 0 radical (unpaired) electrons. The van der Waals surface area contributed by atoms with E-state index in [0.717, 1.165) is 18.2 Å². The molecular formula is C4H3N3O3S. The molecular weight excluding hydrogens is 170 g/mol. The summed E-state index contributed by atoms with van der Waals surface area (Å²) >= 11 is 0. The number of hydrogen-bond donors (Lipinski definition) is 0. The zero-order valence-electron chi connectivity index (χ0n) is 5.47. The standard InChI is InChI=1S/C4H3N3O3S/c1-11(5-2-8,6-3-9)7-4-10/h1H3. The van der Waals surface area contributed by atoms with Crippen LogP contribution in [-0.4, -0.2) is 24.5 Å². The number of rotatable bonds is 3. The summed E-state index contributed by atoms with van der Waals surface area (Å²) in [5, 5.41) is 0. The molecule has 58 valence electrons. The van der Waals surface area contributed by atoms with E-state index in [1.807, 2.05) is 0 Å². The van der Waals surface area contributed by atoms with Gasteiger partial charge in [-0.25, -0.2) is 14.4 Å². The van der Waals surface area contributed by atoms with Gasteiger partial charge in [0.1, 0.15) is 0 Å². The summed E-state index contributed by atoms with van der Waals surface area (Å²) < 4.78 is 9.16. The number of carbonyl (C=O) groups excluding carboxylic acids is 3. The van der Waals surface area contributed by atoms with Gasteiger partial charge in [-0.05, 0) is 0 Å². The Hall–Kier alpha value is -1.51. The van der Waals surface area contributed by atoms with Crippen LogP contribution in [0.4, 0.5) is 0 Å². The van der Waals surface area contributed by atoms with Crippen molar-refractivity contribution in [1.29, 1.82) is 0 Å².